The smallest absolute Gasteiger partial charge is 0.407 e. The predicted octanol–water partition coefficient (Wildman–Crippen LogP) is 3.80. The number of hydrogen-bond donors (Lipinski definition) is 1. The number of alkyl carbamates (subject to hydrolysis) is 1. The summed E-state index contributed by atoms with van der Waals surface area (Å²) in [6.07, 6.45) is 6.12. The molecule has 0 aromatic rings. The van der Waals surface area contributed by atoms with Gasteiger partial charge in [0.15, 0.2) is 0 Å². The van der Waals surface area contributed by atoms with Gasteiger partial charge in [-0.25, -0.2) is 4.79 Å². The molecule has 2 fully saturated rings. The van der Waals surface area contributed by atoms with Crippen LogP contribution in [0, 0.1) is 11.8 Å². The SMILES string of the molecule is CCC1CC(NC(=O)OC(C)(C)C)CN(C(C)C2CCC2)C1. The lowest BCUT2D eigenvalue weighted by molar-refractivity contribution is 0.0313. The molecule has 1 saturated heterocycles. The Morgan fingerprint density at radius 3 is 2.50 bits per heavy atom. The number of carbonyl (C=O) groups excluding carboxylic acids is 1. The second kappa shape index (κ2) is 7.20. The molecular formula is C18H34N2O2. The number of piperidine rings is 1. The van der Waals surface area contributed by atoms with Crippen LogP contribution in [-0.2, 0) is 4.74 Å². The summed E-state index contributed by atoms with van der Waals surface area (Å²) in [5.41, 5.74) is -0.429. The Morgan fingerprint density at radius 2 is 2.00 bits per heavy atom. The van der Waals surface area contributed by atoms with Crippen LogP contribution < -0.4 is 5.32 Å². The molecule has 1 amide bonds. The van der Waals surface area contributed by atoms with Crippen molar-refractivity contribution in [3.05, 3.63) is 0 Å². The van der Waals surface area contributed by atoms with E-state index < -0.39 is 5.60 Å². The minimum atomic E-state index is -0.429. The largest absolute Gasteiger partial charge is 0.444 e. The Labute approximate surface area is 136 Å². The molecule has 3 atom stereocenters. The number of carbonyl (C=O) groups is 1. The highest BCUT2D eigenvalue weighted by Gasteiger charge is 2.35. The molecule has 4 nitrogen and oxygen atoms in total. The van der Waals surface area contributed by atoms with Crippen molar-refractivity contribution in [1.29, 1.82) is 0 Å². The lowest BCUT2D eigenvalue weighted by atomic mass is 9.78. The Balaban J connectivity index is 1.91. The number of nitrogens with zero attached hydrogens (tertiary/aromatic N) is 1. The van der Waals surface area contributed by atoms with E-state index >= 15 is 0 Å². The van der Waals surface area contributed by atoms with E-state index in [1.807, 2.05) is 20.8 Å². The molecule has 0 spiro atoms. The van der Waals surface area contributed by atoms with Crippen LogP contribution in [0.5, 0.6) is 0 Å². The summed E-state index contributed by atoms with van der Waals surface area (Å²) in [4.78, 5) is 14.6. The van der Waals surface area contributed by atoms with Crippen LogP contribution >= 0.6 is 0 Å². The van der Waals surface area contributed by atoms with E-state index in [-0.39, 0.29) is 12.1 Å². The molecule has 1 N–H and O–H groups in total. The molecule has 1 heterocycles. The van der Waals surface area contributed by atoms with Crippen molar-refractivity contribution < 1.29 is 9.53 Å². The van der Waals surface area contributed by atoms with E-state index in [1.165, 1.54) is 32.2 Å². The molecule has 0 radical (unpaired) electrons. The molecular weight excluding hydrogens is 276 g/mol. The number of amides is 1. The lowest BCUT2D eigenvalue weighted by Crippen LogP contribution is -2.55. The zero-order valence-corrected chi connectivity index (χ0v) is 15.0. The summed E-state index contributed by atoms with van der Waals surface area (Å²) in [5.74, 6) is 1.54. The topological polar surface area (TPSA) is 41.6 Å². The zero-order chi connectivity index (χ0) is 16.3. The van der Waals surface area contributed by atoms with Crippen molar-refractivity contribution in [2.45, 2.75) is 84.4 Å². The van der Waals surface area contributed by atoms with Gasteiger partial charge in [-0.3, -0.25) is 4.90 Å². The third-order valence-electron chi connectivity index (χ3n) is 5.27. The van der Waals surface area contributed by atoms with Crippen LogP contribution in [0.2, 0.25) is 0 Å². The van der Waals surface area contributed by atoms with E-state index in [0.717, 1.165) is 18.9 Å². The lowest BCUT2D eigenvalue weighted by Gasteiger charge is -2.45. The summed E-state index contributed by atoms with van der Waals surface area (Å²) < 4.78 is 5.42. The van der Waals surface area contributed by atoms with Gasteiger partial charge in [0.1, 0.15) is 5.60 Å². The Bertz CT molecular complexity index is 374. The molecule has 0 aromatic carbocycles. The second-order valence-corrected chi connectivity index (χ2v) is 8.24. The van der Waals surface area contributed by atoms with Crippen LogP contribution in [0.15, 0.2) is 0 Å². The fourth-order valence-electron chi connectivity index (χ4n) is 3.67. The monoisotopic (exact) mass is 310 g/mol. The molecule has 4 heteroatoms. The minimum absolute atomic E-state index is 0.219. The van der Waals surface area contributed by atoms with Gasteiger partial charge in [-0.2, -0.15) is 0 Å². The summed E-state index contributed by atoms with van der Waals surface area (Å²) in [7, 11) is 0. The molecule has 1 saturated carbocycles. The maximum absolute atomic E-state index is 12.0. The number of nitrogens with one attached hydrogen (secondary N) is 1. The second-order valence-electron chi connectivity index (χ2n) is 8.24. The summed E-state index contributed by atoms with van der Waals surface area (Å²) >= 11 is 0. The molecule has 0 aromatic heterocycles. The first-order chi connectivity index (χ1) is 10.3. The van der Waals surface area contributed by atoms with Crippen LogP contribution in [0.3, 0.4) is 0 Å². The van der Waals surface area contributed by atoms with Crippen LogP contribution in [0.4, 0.5) is 4.79 Å². The Morgan fingerprint density at radius 1 is 1.32 bits per heavy atom. The molecule has 1 aliphatic heterocycles. The highest BCUT2D eigenvalue weighted by atomic mass is 16.6. The van der Waals surface area contributed by atoms with Gasteiger partial charge in [0.05, 0.1) is 0 Å². The van der Waals surface area contributed by atoms with Gasteiger partial charge in [0.25, 0.3) is 0 Å². The maximum atomic E-state index is 12.0. The first kappa shape index (κ1) is 17.6. The van der Waals surface area contributed by atoms with Gasteiger partial charge in [0, 0.05) is 25.2 Å². The average Bonchev–Trinajstić information content (AvgIpc) is 2.33. The van der Waals surface area contributed by atoms with Gasteiger partial charge in [0.2, 0.25) is 0 Å². The molecule has 3 unspecified atom stereocenters. The quantitative estimate of drug-likeness (QED) is 0.858. The highest BCUT2D eigenvalue weighted by Crippen LogP contribution is 2.34. The molecule has 22 heavy (non-hydrogen) atoms. The fraction of sp³-hybridized carbons (Fsp3) is 0.944. The Hall–Kier alpha value is -0.770. The van der Waals surface area contributed by atoms with Crippen molar-refractivity contribution in [3.63, 3.8) is 0 Å². The first-order valence-electron chi connectivity index (χ1n) is 9.02. The Kier molecular flexibility index (Phi) is 5.76. The van der Waals surface area contributed by atoms with Crippen molar-refractivity contribution in [2.24, 2.45) is 11.8 Å². The zero-order valence-electron chi connectivity index (χ0n) is 15.0. The number of hydrogen-bond acceptors (Lipinski definition) is 3. The minimum Gasteiger partial charge on any atom is -0.444 e. The van der Waals surface area contributed by atoms with Crippen molar-refractivity contribution in [2.75, 3.05) is 13.1 Å². The van der Waals surface area contributed by atoms with Crippen molar-refractivity contribution in [3.8, 4) is 0 Å². The first-order valence-corrected chi connectivity index (χ1v) is 9.02. The van der Waals surface area contributed by atoms with Gasteiger partial charge in [-0.05, 0) is 58.8 Å². The van der Waals surface area contributed by atoms with Crippen LogP contribution in [0.1, 0.15) is 66.7 Å². The highest BCUT2D eigenvalue weighted by molar-refractivity contribution is 5.68. The van der Waals surface area contributed by atoms with Gasteiger partial charge >= 0.3 is 6.09 Å². The van der Waals surface area contributed by atoms with E-state index in [9.17, 15) is 4.79 Å². The molecule has 1 aliphatic carbocycles. The molecule has 2 aliphatic rings. The summed E-state index contributed by atoms with van der Waals surface area (Å²) in [6, 6.07) is 0.863. The summed E-state index contributed by atoms with van der Waals surface area (Å²) in [6.45, 7) is 12.5. The van der Waals surface area contributed by atoms with E-state index in [2.05, 4.69) is 24.1 Å². The average molecular weight is 310 g/mol. The molecule has 0 bridgehead atoms. The predicted molar refractivity (Wildman–Crippen MR) is 89.9 cm³/mol. The van der Waals surface area contributed by atoms with Gasteiger partial charge in [-0.15, -0.1) is 0 Å². The third kappa shape index (κ3) is 4.87. The van der Waals surface area contributed by atoms with Crippen LogP contribution in [0.25, 0.3) is 0 Å². The number of rotatable bonds is 4. The molecule has 128 valence electrons. The van der Waals surface area contributed by atoms with E-state index in [4.69, 9.17) is 4.74 Å². The fourth-order valence-corrected chi connectivity index (χ4v) is 3.67. The number of likely N-dealkylation sites (tertiary alicyclic amines) is 1. The van der Waals surface area contributed by atoms with Crippen LogP contribution in [-0.4, -0.2) is 41.8 Å². The van der Waals surface area contributed by atoms with Gasteiger partial charge in [-0.1, -0.05) is 19.8 Å². The maximum Gasteiger partial charge on any atom is 0.407 e. The van der Waals surface area contributed by atoms with Gasteiger partial charge < -0.3 is 10.1 Å². The normalized spacial score (nSPS) is 28.8. The molecule has 2 rings (SSSR count). The van der Waals surface area contributed by atoms with E-state index in [1.54, 1.807) is 0 Å². The summed E-state index contributed by atoms with van der Waals surface area (Å²) in [5, 5.41) is 3.10. The van der Waals surface area contributed by atoms with Crippen molar-refractivity contribution in [1.82, 2.24) is 10.2 Å². The standard InChI is InChI=1S/C18H34N2O2/c1-6-14-10-16(19-17(21)22-18(3,4)5)12-20(11-14)13(2)15-8-7-9-15/h13-16H,6-12H2,1-5H3,(H,19,21). The van der Waals surface area contributed by atoms with E-state index in [0.29, 0.717) is 12.0 Å². The third-order valence-corrected chi connectivity index (χ3v) is 5.27. The number of ether oxygens (including phenoxy) is 1. The van der Waals surface area contributed by atoms with Crippen molar-refractivity contribution >= 4 is 6.09 Å².